The van der Waals surface area contributed by atoms with E-state index in [0.717, 1.165) is 16.6 Å². The molecule has 0 saturated carbocycles. The number of H-pyrrole nitrogens is 1. The van der Waals surface area contributed by atoms with E-state index >= 15 is 0 Å². The van der Waals surface area contributed by atoms with Crippen LogP contribution in [0.1, 0.15) is 34.8 Å². The quantitative estimate of drug-likeness (QED) is 0.272. The first-order valence-electron chi connectivity index (χ1n) is 12.2. The first kappa shape index (κ1) is 25.1. The molecule has 6 rings (SSSR count). The molecule has 5 aromatic rings. The number of aryl methyl sites for hydroxylation is 1. The number of rotatable bonds is 5. The Morgan fingerprint density at radius 2 is 1.95 bits per heavy atom. The summed E-state index contributed by atoms with van der Waals surface area (Å²) in [4.78, 5) is 27.9. The van der Waals surface area contributed by atoms with E-state index in [1.54, 1.807) is 17.2 Å². The minimum absolute atomic E-state index is 0.216. The van der Waals surface area contributed by atoms with E-state index in [0.29, 0.717) is 63.0 Å². The van der Waals surface area contributed by atoms with Crippen LogP contribution in [0.15, 0.2) is 61.1 Å². The van der Waals surface area contributed by atoms with Gasteiger partial charge < -0.3 is 9.47 Å². The van der Waals surface area contributed by atoms with Crippen LogP contribution in [0.3, 0.4) is 0 Å². The molecule has 0 bridgehead atoms. The van der Waals surface area contributed by atoms with Gasteiger partial charge in [0.15, 0.2) is 0 Å². The molecule has 4 aromatic heterocycles. The fourth-order valence-corrected chi connectivity index (χ4v) is 5.27. The van der Waals surface area contributed by atoms with E-state index in [2.05, 4.69) is 25.1 Å². The number of halogens is 2. The van der Waals surface area contributed by atoms with Crippen molar-refractivity contribution >= 4 is 45.7 Å². The van der Waals surface area contributed by atoms with Crippen LogP contribution in [0.4, 0.5) is 5.69 Å². The Balaban J connectivity index is 1.34. The average Bonchev–Trinajstić information content (AvgIpc) is 3.35. The first-order chi connectivity index (χ1) is 18.9. The molecule has 39 heavy (non-hydrogen) atoms. The van der Waals surface area contributed by atoms with Gasteiger partial charge in [0.25, 0.3) is 5.91 Å². The Bertz CT molecular complexity index is 1700. The van der Waals surface area contributed by atoms with Crippen molar-refractivity contribution in [3.63, 3.8) is 0 Å². The molecule has 1 aliphatic rings. The second-order valence-corrected chi connectivity index (χ2v) is 9.89. The summed E-state index contributed by atoms with van der Waals surface area (Å²) in [6, 6.07) is 12.9. The minimum Gasteiger partial charge on any atom is -0.486 e. The summed E-state index contributed by atoms with van der Waals surface area (Å²) in [6.07, 6.45) is 4.34. The lowest BCUT2D eigenvalue weighted by Crippen LogP contribution is -2.38. The molecule has 11 heteroatoms. The summed E-state index contributed by atoms with van der Waals surface area (Å²) in [5.74, 6) is 0.778. The predicted molar refractivity (Wildman–Crippen MR) is 149 cm³/mol. The number of ether oxygens (including phenoxy) is 2. The number of aromatic amines is 1. The second kappa shape index (κ2) is 10.2. The Morgan fingerprint density at radius 1 is 1.13 bits per heavy atom. The van der Waals surface area contributed by atoms with Crippen molar-refractivity contribution in [1.29, 1.82) is 0 Å². The number of amides is 1. The van der Waals surface area contributed by atoms with E-state index < -0.39 is 6.10 Å². The highest BCUT2D eigenvalue weighted by Crippen LogP contribution is 2.38. The van der Waals surface area contributed by atoms with Crippen molar-refractivity contribution < 1.29 is 14.3 Å². The lowest BCUT2D eigenvalue weighted by Gasteiger charge is -2.28. The number of hydrogen-bond acceptors (Lipinski definition) is 7. The van der Waals surface area contributed by atoms with Gasteiger partial charge in [0.05, 0.1) is 22.1 Å². The van der Waals surface area contributed by atoms with Gasteiger partial charge in [0.2, 0.25) is 5.88 Å². The van der Waals surface area contributed by atoms with Crippen LogP contribution < -0.4 is 14.4 Å². The van der Waals surface area contributed by atoms with E-state index in [9.17, 15) is 4.79 Å². The molecule has 1 aliphatic heterocycles. The molecule has 0 aliphatic carbocycles. The standard InChI is InChI=1S/C28H22Cl2N6O3/c1-15-4-3-5-23(33-15)28(37)36-8-9-38-27-24(36)10-17(12-32-27)26-19-11-18(6-7-22(19)34-35-26)39-16(2)25-20(29)13-31-14-21(25)30/h3-7,10-14,16H,8-9H2,1-2H3,(H,34,35)/t16-/m1/s1. The molecule has 0 unspecified atom stereocenters. The number of pyridine rings is 3. The lowest BCUT2D eigenvalue weighted by atomic mass is 10.1. The van der Waals surface area contributed by atoms with Crippen LogP contribution >= 0.6 is 23.2 Å². The zero-order valence-corrected chi connectivity index (χ0v) is 22.5. The fraction of sp³-hybridized carbons (Fsp3) is 0.179. The fourth-order valence-electron chi connectivity index (χ4n) is 4.60. The number of carbonyl (C=O) groups excluding carboxylic acids is 1. The summed E-state index contributed by atoms with van der Waals surface area (Å²) in [5.41, 5.74) is 4.54. The van der Waals surface area contributed by atoms with Crippen LogP contribution in [0.25, 0.3) is 22.2 Å². The minimum atomic E-state index is -0.418. The summed E-state index contributed by atoms with van der Waals surface area (Å²) in [6.45, 7) is 4.44. The Labute approximate surface area is 233 Å². The zero-order valence-electron chi connectivity index (χ0n) is 21.0. The number of nitrogens with one attached hydrogen (secondary N) is 1. The van der Waals surface area contributed by atoms with Crippen molar-refractivity contribution in [2.45, 2.75) is 20.0 Å². The van der Waals surface area contributed by atoms with Crippen molar-refractivity contribution in [3.05, 3.63) is 88.1 Å². The molecule has 1 N–H and O–H groups in total. The molecule has 1 atom stereocenters. The highest BCUT2D eigenvalue weighted by molar-refractivity contribution is 6.35. The molecule has 9 nitrogen and oxygen atoms in total. The maximum Gasteiger partial charge on any atom is 0.277 e. The second-order valence-electron chi connectivity index (χ2n) is 9.07. The van der Waals surface area contributed by atoms with Gasteiger partial charge in [0.1, 0.15) is 35.5 Å². The average molecular weight is 561 g/mol. The molecule has 1 amide bonds. The third-order valence-electron chi connectivity index (χ3n) is 6.45. The number of nitrogens with zero attached hydrogens (tertiary/aromatic N) is 5. The number of hydrogen-bond donors (Lipinski definition) is 1. The van der Waals surface area contributed by atoms with Gasteiger partial charge >= 0.3 is 0 Å². The number of benzene rings is 1. The van der Waals surface area contributed by atoms with Gasteiger partial charge in [-0.2, -0.15) is 5.10 Å². The van der Waals surface area contributed by atoms with Crippen LogP contribution in [0, 0.1) is 6.92 Å². The van der Waals surface area contributed by atoms with Crippen LogP contribution in [0.5, 0.6) is 11.6 Å². The first-order valence-corrected chi connectivity index (χ1v) is 13.0. The Kier molecular flexibility index (Phi) is 6.54. The topological polar surface area (TPSA) is 106 Å². The van der Waals surface area contributed by atoms with Gasteiger partial charge in [-0.05, 0) is 50.2 Å². The van der Waals surface area contributed by atoms with Gasteiger partial charge in [-0.1, -0.05) is 29.3 Å². The summed E-state index contributed by atoms with van der Waals surface area (Å²) in [5, 5.41) is 9.28. The van der Waals surface area contributed by atoms with Gasteiger partial charge in [-0.3, -0.25) is 19.8 Å². The molecule has 0 fully saturated rings. The molecule has 0 spiro atoms. The highest BCUT2D eigenvalue weighted by Gasteiger charge is 2.28. The molecule has 0 saturated heterocycles. The van der Waals surface area contributed by atoms with Crippen LogP contribution in [-0.4, -0.2) is 44.2 Å². The summed E-state index contributed by atoms with van der Waals surface area (Å²) >= 11 is 12.6. The predicted octanol–water partition coefficient (Wildman–Crippen LogP) is 6.21. The number of fused-ring (bicyclic) bond motifs is 2. The van der Waals surface area contributed by atoms with E-state index in [4.69, 9.17) is 32.7 Å². The van der Waals surface area contributed by atoms with Crippen molar-refractivity contribution in [3.8, 4) is 22.9 Å². The number of anilines is 1. The molecule has 0 radical (unpaired) electrons. The van der Waals surface area contributed by atoms with E-state index in [1.807, 2.05) is 50.2 Å². The monoisotopic (exact) mass is 560 g/mol. The SMILES string of the molecule is Cc1cccc(C(=O)N2CCOc3ncc(-c4n[nH]c5ccc(O[C@H](C)c6c(Cl)cncc6Cl)cc45)cc32)n1. The summed E-state index contributed by atoms with van der Waals surface area (Å²) in [7, 11) is 0. The molecule has 5 heterocycles. The number of carbonyl (C=O) groups is 1. The van der Waals surface area contributed by atoms with Crippen LogP contribution in [-0.2, 0) is 0 Å². The maximum absolute atomic E-state index is 13.4. The largest absolute Gasteiger partial charge is 0.486 e. The molecular formula is C28H22Cl2N6O3. The molecular weight excluding hydrogens is 539 g/mol. The van der Waals surface area contributed by atoms with E-state index in [1.165, 1.54) is 12.4 Å². The zero-order chi connectivity index (χ0) is 27.1. The van der Waals surface area contributed by atoms with Gasteiger partial charge in [-0.25, -0.2) is 9.97 Å². The smallest absolute Gasteiger partial charge is 0.277 e. The summed E-state index contributed by atoms with van der Waals surface area (Å²) < 4.78 is 11.9. The third kappa shape index (κ3) is 4.75. The molecule has 196 valence electrons. The van der Waals surface area contributed by atoms with Crippen molar-refractivity contribution in [2.24, 2.45) is 0 Å². The highest BCUT2D eigenvalue weighted by atomic mass is 35.5. The third-order valence-corrected chi connectivity index (χ3v) is 7.05. The van der Waals surface area contributed by atoms with Crippen molar-refractivity contribution in [2.75, 3.05) is 18.1 Å². The van der Waals surface area contributed by atoms with Crippen molar-refractivity contribution in [1.82, 2.24) is 25.1 Å². The normalized spacial score (nSPS) is 13.6. The number of aromatic nitrogens is 5. The Hall–Kier alpha value is -4.21. The van der Waals surface area contributed by atoms with Gasteiger partial charge in [0, 0.05) is 40.8 Å². The lowest BCUT2D eigenvalue weighted by molar-refractivity contribution is 0.0970. The van der Waals surface area contributed by atoms with Crippen LogP contribution in [0.2, 0.25) is 10.0 Å². The molecule has 1 aromatic carbocycles. The Morgan fingerprint density at radius 3 is 2.74 bits per heavy atom. The maximum atomic E-state index is 13.4. The van der Waals surface area contributed by atoms with Gasteiger partial charge in [-0.15, -0.1) is 0 Å². The van der Waals surface area contributed by atoms with E-state index in [-0.39, 0.29) is 5.91 Å².